The lowest BCUT2D eigenvalue weighted by atomic mass is 9.95. The number of furan rings is 1. The standard InChI is InChI=1S/C51H32N4O/c1-4-15-33(16-5-1)49-52-50(34-17-6-2-7-18-34)54-51(53-49)38-22-13-20-36(32-38)35-19-12-21-37(31-35)40-26-14-28-45-46(40)43-30-29-42-41-25-10-11-27-44(41)55(47(42)48(43)56-45)39-23-8-3-9-24-39/h1-32H. The normalized spacial score (nSPS) is 11.6. The van der Waals surface area contributed by atoms with Crippen LogP contribution in [0.1, 0.15) is 0 Å². The molecule has 11 rings (SSSR count). The van der Waals surface area contributed by atoms with Gasteiger partial charge in [0.15, 0.2) is 23.1 Å². The van der Waals surface area contributed by atoms with Gasteiger partial charge in [-0.25, -0.2) is 15.0 Å². The van der Waals surface area contributed by atoms with Crippen molar-refractivity contribution in [3.05, 3.63) is 194 Å². The van der Waals surface area contributed by atoms with Gasteiger partial charge in [-0.1, -0.05) is 152 Å². The Morgan fingerprint density at radius 2 is 0.893 bits per heavy atom. The largest absolute Gasteiger partial charge is 0.454 e. The predicted octanol–water partition coefficient (Wildman–Crippen LogP) is 13.2. The Balaban J connectivity index is 1.04. The first-order valence-electron chi connectivity index (χ1n) is 18.8. The average Bonchev–Trinajstić information content (AvgIpc) is 3.84. The topological polar surface area (TPSA) is 56.7 Å². The maximum Gasteiger partial charge on any atom is 0.164 e. The highest BCUT2D eigenvalue weighted by molar-refractivity contribution is 6.23. The van der Waals surface area contributed by atoms with Crippen molar-refractivity contribution in [3.8, 4) is 62.1 Å². The van der Waals surface area contributed by atoms with Crippen LogP contribution in [-0.2, 0) is 0 Å². The number of nitrogens with zero attached hydrogens (tertiary/aromatic N) is 4. The Hall–Kier alpha value is -7.63. The van der Waals surface area contributed by atoms with Crippen LogP contribution in [-0.4, -0.2) is 19.5 Å². The van der Waals surface area contributed by atoms with E-state index in [1.54, 1.807) is 0 Å². The van der Waals surface area contributed by atoms with Gasteiger partial charge in [0, 0.05) is 43.9 Å². The first-order chi connectivity index (χ1) is 27.8. The molecule has 0 saturated carbocycles. The van der Waals surface area contributed by atoms with E-state index in [2.05, 4.69) is 138 Å². The highest BCUT2D eigenvalue weighted by Crippen LogP contribution is 2.43. The maximum absolute atomic E-state index is 6.84. The molecule has 5 heteroatoms. The molecular formula is C51H32N4O. The number of aromatic nitrogens is 4. The van der Waals surface area contributed by atoms with Crippen molar-refractivity contribution >= 4 is 43.7 Å². The van der Waals surface area contributed by atoms with Crippen molar-refractivity contribution in [2.24, 2.45) is 0 Å². The van der Waals surface area contributed by atoms with Gasteiger partial charge in [0.2, 0.25) is 0 Å². The van der Waals surface area contributed by atoms with Gasteiger partial charge in [-0.15, -0.1) is 0 Å². The van der Waals surface area contributed by atoms with Crippen molar-refractivity contribution in [3.63, 3.8) is 0 Å². The lowest BCUT2D eigenvalue weighted by Gasteiger charge is -2.11. The summed E-state index contributed by atoms with van der Waals surface area (Å²) in [5.41, 5.74) is 12.3. The van der Waals surface area contributed by atoms with Gasteiger partial charge in [0.1, 0.15) is 5.58 Å². The van der Waals surface area contributed by atoms with Crippen LogP contribution >= 0.6 is 0 Å². The smallest absolute Gasteiger partial charge is 0.164 e. The Bertz CT molecular complexity index is 3180. The highest BCUT2D eigenvalue weighted by atomic mass is 16.3. The fraction of sp³-hybridized carbons (Fsp3) is 0. The predicted molar refractivity (Wildman–Crippen MR) is 229 cm³/mol. The molecule has 8 aromatic carbocycles. The zero-order chi connectivity index (χ0) is 37.0. The molecule has 0 aliphatic carbocycles. The second kappa shape index (κ2) is 13.0. The molecule has 0 unspecified atom stereocenters. The van der Waals surface area contributed by atoms with Crippen molar-refractivity contribution in [1.82, 2.24) is 19.5 Å². The van der Waals surface area contributed by atoms with Gasteiger partial charge in [-0.05, 0) is 64.7 Å². The maximum atomic E-state index is 6.84. The molecule has 0 aliphatic heterocycles. The minimum Gasteiger partial charge on any atom is -0.454 e. The molecule has 11 aromatic rings. The van der Waals surface area contributed by atoms with Gasteiger partial charge in [-0.2, -0.15) is 0 Å². The third kappa shape index (κ3) is 5.29. The molecule has 56 heavy (non-hydrogen) atoms. The number of para-hydroxylation sites is 2. The second-order valence-corrected chi connectivity index (χ2v) is 14.0. The fourth-order valence-corrected chi connectivity index (χ4v) is 8.06. The van der Waals surface area contributed by atoms with Crippen LogP contribution in [0.3, 0.4) is 0 Å². The van der Waals surface area contributed by atoms with E-state index in [1.165, 1.54) is 10.8 Å². The van der Waals surface area contributed by atoms with Crippen molar-refractivity contribution in [2.45, 2.75) is 0 Å². The Morgan fingerprint density at radius 1 is 0.375 bits per heavy atom. The summed E-state index contributed by atoms with van der Waals surface area (Å²) in [7, 11) is 0. The molecule has 0 fully saturated rings. The molecular weight excluding hydrogens is 685 g/mol. The highest BCUT2D eigenvalue weighted by Gasteiger charge is 2.21. The van der Waals surface area contributed by atoms with E-state index in [0.29, 0.717) is 17.5 Å². The summed E-state index contributed by atoms with van der Waals surface area (Å²) in [5, 5.41) is 4.57. The lowest BCUT2D eigenvalue weighted by Crippen LogP contribution is -2.00. The fourth-order valence-electron chi connectivity index (χ4n) is 8.06. The second-order valence-electron chi connectivity index (χ2n) is 14.0. The zero-order valence-corrected chi connectivity index (χ0v) is 30.2. The first-order valence-corrected chi connectivity index (χ1v) is 18.8. The zero-order valence-electron chi connectivity index (χ0n) is 30.2. The number of hydrogen-bond donors (Lipinski definition) is 0. The van der Waals surface area contributed by atoms with Crippen molar-refractivity contribution in [1.29, 1.82) is 0 Å². The quantitative estimate of drug-likeness (QED) is 0.172. The third-order valence-electron chi connectivity index (χ3n) is 10.6. The SMILES string of the molecule is c1ccc(-c2nc(-c3ccccc3)nc(-c3cccc(-c4cccc(-c5cccc6oc7c(ccc8c9ccccc9n(-c9ccccc9)c87)c56)c4)c3)n2)cc1. The van der Waals surface area contributed by atoms with Gasteiger partial charge >= 0.3 is 0 Å². The van der Waals surface area contributed by atoms with Crippen LogP contribution in [0.25, 0.3) is 106 Å². The Morgan fingerprint density at radius 3 is 1.59 bits per heavy atom. The molecule has 0 amide bonds. The average molecular weight is 717 g/mol. The van der Waals surface area contributed by atoms with Crippen LogP contribution < -0.4 is 0 Å². The number of hydrogen-bond acceptors (Lipinski definition) is 4. The van der Waals surface area contributed by atoms with E-state index in [4.69, 9.17) is 19.4 Å². The molecule has 0 spiro atoms. The van der Waals surface area contributed by atoms with E-state index in [0.717, 1.165) is 77.6 Å². The molecule has 262 valence electrons. The number of rotatable bonds is 6. The summed E-state index contributed by atoms with van der Waals surface area (Å²) in [6.45, 7) is 0. The third-order valence-corrected chi connectivity index (χ3v) is 10.6. The first kappa shape index (κ1) is 31.9. The molecule has 5 nitrogen and oxygen atoms in total. The summed E-state index contributed by atoms with van der Waals surface area (Å²) < 4.78 is 9.18. The van der Waals surface area contributed by atoms with Crippen LogP contribution in [0.2, 0.25) is 0 Å². The Labute approximate surface area is 322 Å². The minimum absolute atomic E-state index is 0.629. The molecule has 3 aromatic heterocycles. The van der Waals surface area contributed by atoms with Gasteiger partial charge in [-0.3, -0.25) is 0 Å². The van der Waals surface area contributed by atoms with E-state index in [-0.39, 0.29) is 0 Å². The summed E-state index contributed by atoms with van der Waals surface area (Å²) in [6.07, 6.45) is 0. The molecule has 0 bridgehead atoms. The minimum atomic E-state index is 0.629. The molecule has 0 atom stereocenters. The number of fused-ring (bicyclic) bond motifs is 7. The van der Waals surface area contributed by atoms with Crippen LogP contribution in [0.5, 0.6) is 0 Å². The van der Waals surface area contributed by atoms with Crippen molar-refractivity contribution in [2.75, 3.05) is 0 Å². The van der Waals surface area contributed by atoms with Crippen LogP contribution in [0.4, 0.5) is 0 Å². The van der Waals surface area contributed by atoms with E-state index >= 15 is 0 Å². The molecule has 3 heterocycles. The molecule has 0 saturated heterocycles. The van der Waals surface area contributed by atoms with Crippen LogP contribution in [0.15, 0.2) is 199 Å². The summed E-state index contributed by atoms with van der Waals surface area (Å²) in [5.74, 6) is 1.91. The molecule has 0 radical (unpaired) electrons. The monoisotopic (exact) mass is 716 g/mol. The Kier molecular flexibility index (Phi) is 7.42. The number of benzene rings is 8. The summed E-state index contributed by atoms with van der Waals surface area (Å²) in [4.78, 5) is 14.8. The van der Waals surface area contributed by atoms with Crippen LogP contribution in [0, 0.1) is 0 Å². The van der Waals surface area contributed by atoms with Crippen molar-refractivity contribution < 1.29 is 4.42 Å². The lowest BCUT2D eigenvalue weighted by molar-refractivity contribution is 0.671. The van der Waals surface area contributed by atoms with Gasteiger partial charge in [0.25, 0.3) is 0 Å². The summed E-state index contributed by atoms with van der Waals surface area (Å²) in [6, 6.07) is 67.4. The van der Waals surface area contributed by atoms with E-state index in [9.17, 15) is 0 Å². The molecule has 0 aliphatic rings. The van der Waals surface area contributed by atoms with Gasteiger partial charge < -0.3 is 8.98 Å². The van der Waals surface area contributed by atoms with E-state index < -0.39 is 0 Å². The molecule has 0 N–H and O–H groups in total. The summed E-state index contributed by atoms with van der Waals surface area (Å²) >= 11 is 0. The van der Waals surface area contributed by atoms with E-state index in [1.807, 2.05) is 60.7 Å². The van der Waals surface area contributed by atoms with Gasteiger partial charge in [0.05, 0.1) is 11.0 Å².